The molecule has 174 valence electrons. The van der Waals surface area contributed by atoms with Crippen molar-refractivity contribution in [2.75, 3.05) is 11.6 Å². The number of carbonyl (C=O) groups excluding carboxylic acids is 3. The molecular formula is C25H30N4O4. The Balaban J connectivity index is 1.51. The van der Waals surface area contributed by atoms with Gasteiger partial charge in [0.25, 0.3) is 11.8 Å². The summed E-state index contributed by atoms with van der Waals surface area (Å²) >= 11 is 0. The molecule has 0 unspecified atom stereocenters. The van der Waals surface area contributed by atoms with E-state index in [9.17, 15) is 19.5 Å². The van der Waals surface area contributed by atoms with Crippen LogP contribution in [-0.4, -0.2) is 41.1 Å². The Labute approximate surface area is 193 Å². The lowest BCUT2D eigenvalue weighted by molar-refractivity contribution is -0.127. The highest BCUT2D eigenvalue weighted by Gasteiger charge is 2.36. The molecule has 1 saturated carbocycles. The summed E-state index contributed by atoms with van der Waals surface area (Å²) in [5.41, 5.74) is 5.33. The Morgan fingerprint density at radius 2 is 1.73 bits per heavy atom. The molecule has 0 radical (unpaired) electrons. The number of anilines is 1. The third kappa shape index (κ3) is 4.43. The first-order valence-corrected chi connectivity index (χ1v) is 11.4. The number of hydrogen-bond donors (Lipinski definition) is 4. The van der Waals surface area contributed by atoms with Crippen LogP contribution in [0.1, 0.15) is 51.0 Å². The van der Waals surface area contributed by atoms with Gasteiger partial charge in [0.15, 0.2) is 0 Å². The summed E-state index contributed by atoms with van der Waals surface area (Å²) in [6, 6.07) is 13.7. The summed E-state index contributed by atoms with van der Waals surface area (Å²) in [6.45, 7) is 3.23. The molecular weight excluding hydrogens is 420 g/mol. The van der Waals surface area contributed by atoms with E-state index in [0.29, 0.717) is 18.5 Å². The highest BCUT2D eigenvalue weighted by Crippen LogP contribution is 2.40. The van der Waals surface area contributed by atoms with Gasteiger partial charge in [-0.25, -0.2) is 9.80 Å². The third-order valence-electron chi connectivity index (χ3n) is 6.66. The summed E-state index contributed by atoms with van der Waals surface area (Å²) < 4.78 is 0. The maximum absolute atomic E-state index is 13.3. The zero-order valence-corrected chi connectivity index (χ0v) is 18.9. The van der Waals surface area contributed by atoms with E-state index in [4.69, 9.17) is 0 Å². The molecule has 1 heterocycles. The van der Waals surface area contributed by atoms with Crippen LogP contribution in [0.25, 0.3) is 11.1 Å². The molecule has 2 aliphatic rings. The van der Waals surface area contributed by atoms with Gasteiger partial charge in [-0.15, -0.1) is 0 Å². The Hall–Kier alpha value is -3.39. The van der Waals surface area contributed by atoms with Crippen LogP contribution in [0.4, 0.5) is 10.5 Å². The molecule has 0 bridgehead atoms. The summed E-state index contributed by atoms with van der Waals surface area (Å²) in [7, 11) is 0. The quantitative estimate of drug-likeness (QED) is 0.561. The number of fused-ring (bicyclic) bond motifs is 3. The molecule has 4 rings (SSSR count). The number of amides is 4. The first-order chi connectivity index (χ1) is 15.8. The number of hydrogen-bond acceptors (Lipinski definition) is 4. The predicted molar refractivity (Wildman–Crippen MR) is 125 cm³/mol. The minimum absolute atomic E-state index is 0.140. The topological polar surface area (TPSA) is 111 Å². The van der Waals surface area contributed by atoms with Crippen LogP contribution in [0.5, 0.6) is 0 Å². The van der Waals surface area contributed by atoms with Crippen LogP contribution < -0.4 is 21.1 Å². The van der Waals surface area contributed by atoms with Gasteiger partial charge in [-0.3, -0.25) is 15.0 Å². The lowest BCUT2D eigenvalue weighted by atomic mass is 9.92. The van der Waals surface area contributed by atoms with Gasteiger partial charge in [0.05, 0.1) is 23.8 Å². The number of aliphatic hydroxyl groups excluding tert-OH is 1. The second kappa shape index (κ2) is 9.23. The largest absolute Gasteiger partial charge is 0.394 e. The molecule has 8 heteroatoms. The van der Waals surface area contributed by atoms with Gasteiger partial charge in [0.2, 0.25) is 0 Å². The molecule has 2 aromatic carbocycles. The van der Waals surface area contributed by atoms with Crippen molar-refractivity contribution in [1.82, 2.24) is 16.1 Å². The van der Waals surface area contributed by atoms with Crippen molar-refractivity contribution in [3.05, 3.63) is 54.1 Å². The molecule has 0 aromatic heterocycles. The number of para-hydroxylation sites is 1. The minimum Gasteiger partial charge on any atom is -0.394 e. The van der Waals surface area contributed by atoms with Crippen LogP contribution in [-0.2, 0) is 9.59 Å². The van der Waals surface area contributed by atoms with Crippen LogP contribution in [0, 0.1) is 0 Å². The average molecular weight is 451 g/mol. The van der Waals surface area contributed by atoms with Crippen LogP contribution in [0.3, 0.4) is 0 Å². The average Bonchev–Trinajstić information content (AvgIpc) is 3.27. The molecule has 8 nitrogen and oxygen atoms in total. The fraction of sp³-hybridized carbons (Fsp3) is 0.400. The number of hydrazine groups is 1. The van der Waals surface area contributed by atoms with E-state index >= 15 is 0 Å². The molecule has 33 heavy (non-hydrogen) atoms. The lowest BCUT2D eigenvalue weighted by Gasteiger charge is -2.30. The fourth-order valence-electron chi connectivity index (χ4n) is 4.70. The zero-order valence-electron chi connectivity index (χ0n) is 18.9. The van der Waals surface area contributed by atoms with E-state index < -0.39 is 29.4 Å². The van der Waals surface area contributed by atoms with E-state index in [1.165, 1.54) is 5.01 Å². The minimum atomic E-state index is -0.900. The van der Waals surface area contributed by atoms with Crippen molar-refractivity contribution in [3.8, 4) is 11.1 Å². The number of benzene rings is 2. The van der Waals surface area contributed by atoms with E-state index in [1.54, 1.807) is 13.0 Å². The molecule has 1 aliphatic carbocycles. The van der Waals surface area contributed by atoms with Gasteiger partial charge in [0.1, 0.15) is 6.04 Å². The highest BCUT2D eigenvalue weighted by molar-refractivity contribution is 6.06. The van der Waals surface area contributed by atoms with Crippen molar-refractivity contribution >= 4 is 23.5 Å². The Morgan fingerprint density at radius 3 is 2.42 bits per heavy atom. The second-order valence-corrected chi connectivity index (χ2v) is 8.94. The second-order valence-electron chi connectivity index (χ2n) is 8.94. The third-order valence-corrected chi connectivity index (χ3v) is 6.66. The maximum atomic E-state index is 13.3. The van der Waals surface area contributed by atoms with Gasteiger partial charge in [0, 0.05) is 5.56 Å². The van der Waals surface area contributed by atoms with Gasteiger partial charge in [-0.2, -0.15) is 0 Å². The molecule has 4 amide bonds. The van der Waals surface area contributed by atoms with Crippen LogP contribution in [0.15, 0.2) is 48.5 Å². The van der Waals surface area contributed by atoms with Crippen molar-refractivity contribution in [2.45, 2.75) is 57.0 Å². The molecule has 0 spiro atoms. The predicted octanol–water partition coefficient (Wildman–Crippen LogP) is 2.83. The Kier molecular flexibility index (Phi) is 6.37. The maximum Gasteiger partial charge on any atom is 0.315 e. The van der Waals surface area contributed by atoms with E-state index in [0.717, 1.165) is 29.5 Å². The summed E-state index contributed by atoms with van der Waals surface area (Å²) in [5.74, 6) is -1.24. The highest BCUT2D eigenvalue weighted by atomic mass is 16.3. The van der Waals surface area contributed by atoms with Crippen molar-refractivity contribution in [1.29, 1.82) is 0 Å². The standard InChI is InChI=1S/C25H30N4O4/c1-16-18-9-3-4-10-19(18)20-11-5-6-12-21(20)29(23(16)32)28-22(31)17(2)26-24(33)27-25(15-30)13-7-8-14-25/h3-6,9-12,16-17,30H,7-8,13-15H2,1-2H3,(H,28,31)(H2,26,27,33)/t16-,17+/m1/s1. The van der Waals surface area contributed by atoms with E-state index in [-0.39, 0.29) is 12.5 Å². The smallest absolute Gasteiger partial charge is 0.315 e. The molecule has 1 aliphatic heterocycles. The van der Waals surface area contributed by atoms with Gasteiger partial charge in [-0.1, -0.05) is 55.3 Å². The van der Waals surface area contributed by atoms with Gasteiger partial charge >= 0.3 is 6.03 Å². The van der Waals surface area contributed by atoms with Crippen LogP contribution >= 0.6 is 0 Å². The van der Waals surface area contributed by atoms with Crippen LogP contribution in [0.2, 0.25) is 0 Å². The molecule has 0 saturated heterocycles. The molecule has 2 atom stereocenters. The number of carbonyl (C=O) groups is 3. The number of aliphatic hydroxyl groups is 1. The summed E-state index contributed by atoms with van der Waals surface area (Å²) in [6.07, 6.45) is 3.28. The first-order valence-electron chi connectivity index (χ1n) is 11.4. The number of nitrogens with one attached hydrogen (secondary N) is 3. The fourth-order valence-corrected chi connectivity index (χ4v) is 4.70. The Bertz CT molecular complexity index is 1060. The monoisotopic (exact) mass is 450 g/mol. The van der Waals surface area contributed by atoms with Crippen molar-refractivity contribution in [2.24, 2.45) is 0 Å². The number of nitrogens with zero attached hydrogens (tertiary/aromatic N) is 1. The van der Waals surface area contributed by atoms with Gasteiger partial charge < -0.3 is 15.7 Å². The normalized spacial score (nSPS) is 19.7. The van der Waals surface area contributed by atoms with Gasteiger partial charge in [-0.05, 0) is 43.9 Å². The number of rotatable bonds is 5. The summed E-state index contributed by atoms with van der Waals surface area (Å²) in [5, 5.41) is 16.4. The molecule has 1 fully saturated rings. The first kappa shape index (κ1) is 22.8. The number of urea groups is 1. The Morgan fingerprint density at radius 1 is 1.09 bits per heavy atom. The van der Waals surface area contributed by atoms with Crippen molar-refractivity contribution < 1.29 is 19.5 Å². The molecule has 4 N–H and O–H groups in total. The zero-order chi connectivity index (χ0) is 23.6. The summed E-state index contributed by atoms with van der Waals surface area (Å²) in [4.78, 5) is 38.8. The SMILES string of the molecule is C[C@H](NC(=O)NC1(CO)CCCC1)C(=O)NN1C(=O)[C@H](C)c2ccccc2-c2ccccc21. The van der Waals surface area contributed by atoms with E-state index in [1.807, 2.05) is 49.4 Å². The molecule has 2 aromatic rings. The van der Waals surface area contributed by atoms with E-state index in [2.05, 4.69) is 16.1 Å². The lowest BCUT2D eigenvalue weighted by Crippen LogP contribution is -2.58. The van der Waals surface area contributed by atoms with Crippen molar-refractivity contribution in [3.63, 3.8) is 0 Å².